The Bertz CT molecular complexity index is 396. The Labute approximate surface area is 112 Å². The van der Waals surface area contributed by atoms with Crippen LogP contribution in [0.4, 0.5) is 0 Å². The Morgan fingerprint density at radius 3 is 2.33 bits per heavy atom. The number of rotatable bonds is 3. The van der Waals surface area contributed by atoms with Crippen LogP contribution < -0.4 is 5.73 Å². The quantitative estimate of drug-likeness (QED) is 0.853. The highest BCUT2D eigenvalue weighted by molar-refractivity contribution is 5.23. The number of hydrogen-bond acceptors (Lipinski definition) is 1. The van der Waals surface area contributed by atoms with Crippen molar-refractivity contribution in [2.45, 2.75) is 52.9 Å². The van der Waals surface area contributed by atoms with Gasteiger partial charge in [0.05, 0.1) is 0 Å². The van der Waals surface area contributed by atoms with E-state index in [9.17, 15) is 0 Å². The molecule has 0 atom stereocenters. The first-order chi connectivity index (χ1) is 8.45. The minimum absolute atomic E-state index is 0.351. The molecule has 1 heteroatoms. The van der Waals surface area contributed by atoms with Crippen molar-refractivity contribution < 1.29 is 0 Å². The minimum atomic E-state index is 0.351. The highest BCUT2D eigenvalue weighted by Gasteiger charge is 2.37. The summed E-state index contributed by atoms with van der Waals surface area (Å²) in [5.41, 5.74) is 9.80. The SMILES string of the molecule is Cc1cccc(CC2(CN)CCC(C)(C)CC2)c1. The van der Waals surface area contributed by atoms with Crippen LogP contribution in [0.25, 0.3) is 0 Å². The van der Waals surface area contributed by atoms with E-state index < -0.39 is 0 Å². The van der Waals surface area contributed by atoms with Gasteiger partial charge in [-0.3, -0.25) is 0 Å². The van der Waals surface area contributed by atoms with E-state index in [4.69, 9.17) is 5.73 Å². The third kappa shape index (κ3) is 3.14. The number of hydrogen-bond donors (Lipinski definition) is 1. The van der Waals surface area contributed by atoms with Crippen LogP contribution in [0.1, 0.15) is 50.7 Å². The number of benzene rings is 1. The second-order valence-corrected chi connectivity index (χ2v) is 7.03. The maximum Gasteiger partial charge on any atom is -0.00173 e. The van der Waals surface area contributed by atoms with Gasteiger partial charge in [-0.2, -0.15) is 0 Å². The average molecular weight is 245 g/mol. The molecular weight excluding hydrogens is 218 g/mol. The molecule has 1 aliphatic rings. The van der Waals surface area contributed by atoms with Crippen molar-refractivity contribution in [1.82, 2.24) is 0 Å². The van der Waals surface area contributed by atoms with Crippen LogP contribution in [0.5, 0.6) is 0 Å². The Hall–Kier alpha value is -0.820. The topological polar surface area (TPSA) is 26.0 Å². The van der Waals surface area contributed by atoms with Gasteiger partial charge in [-0.25, -0.2) is 0 Å². The summed E-state index contributed by atoms with van der Waals surface area (Å²) < 4.78 is 0. The van der Waals surface area contributed by atoms with Crippen LogP contribution >= 0.6 is 0 Å². The zero-order chi connectivity index (χ0) is 13.2. The summed E-state index contributed by atoms with van der Waals surface area (Å²) in [6.07, 6.45) is 6.35. The molecule has 1 aromatic rings. The van der Waals surface area contributed by atoms with Crippen molar-refractivity contribution in [2.75, 3.05) is 6.54 Å². The molecule has 2 N–H and O–H groups in total. The van der Waals surface area contributed by atoms with Gasteiger partial charge in [0.1, 0.15) is 0 Å². The molecule has 100 valence electrons. The molecule has 0 unspecified atom stereocenters. The summed E-state index contributed by atoms with van der Waals surface area (Å²) >= 11 is 0. The maximum atomic E-state index is 6.11. The third-order valence-electron chi connectivity index (χ3n) is 4.76. The van der Waals surface area contributed by atoms with Crippen LogP contribution in [0, 0.1) is 17.8 Å². The summed E-state index contributed by atoms with van der Waals surface area (Å²) in [7, 11) is 0. The normalized spacial score (nSPS) is 21.8. The molecule has 0 radical (unpaired) electrons. The monoisotopic (exact) mass is 245 g/mol. The first kappa shape index (κ1) is 13.6. The smallest absolute Gasteiger partial charge is 0.00173 e. The van der Waals surface area contributed by atoms with Crippen molar-refractivity contribution in [2.24, 2.45) is 16.6 Å². The molecule has 0 amide bonds. The molecule has 1 nitrogen and oxygen atoms in total. The van der Waals surface area contributed by atoms with Crippen LogP contribution in [0.15, 0.2) is 24.3 Å². The molecule has 1 aromatic carbocycles. The number of aryl methyl sites for hydroxylation is 1. The van der Waals surface area contributed by atoms with E-state index in [1.165, 1.54) is 36.8 Å². The van der Waals surface area contributed by atoms with E-state index in [2.05, 4.69) is 45.0 Å². The summed E-state index contributed by atoms with van der Waals surface area (Å²) in [5, 5.41) is 0. The van der Waals surface area contributed by atoms with E-state index in [0.717, 1.165) is 13.0 Å². The van der Waals surface area contributed by atoms with Gasteiger partial charge in [-0.15, -0.1) is 0 Å². The first-order valence-corrected chi connectivity index (χ1v) is 7.20. The van der Waals surface area contributed by atoms with E-state index in [1.54, 1.807) is 0 Å². The van der Waals surface area contributed by atoms with Gasteiger partial charge in [-0.05, 0) is 62.0 Å². The molecule has 2 rings (SSSR count). The lowest BCUT2D eigenvalue weighted by Crippen LogP contribution is -2.38. The second kappa shape index (κ2) is 5.05. The summed E-state index contributed by atoms with van der Waals surface area (Å²) in [4.78, 5) is 0. The predicted octanol–water partition coefficient (Wildman–Crippen LogP) is 4.08. The summed E-state index contributed by atoms with van der Waals surface area (Å²) in [6, 6.07) is 8.91. The Balaban J connectivity index is 2.10. The van der Waals surface area contributed by atoms with Crippen LogP contribution in [0.2, 0.25) is 0 Å². The molecule has 18 heavy (non-hydrogen) atoms. The molecule has 0 saturated heterocycles. The third-order valence-corrected chi connectivity index (χ3v) is 4.76. The first-order valence-electron chi connectivity index (χ1n) is 7.20. The molecular formula is C17H27N. The zero-order valence-corrected chi connectivity index (χ0v) is 12.1. The van der Waals surface area contributed by atoms with Crippen molar-refractivity contribution in [1.29, 1.82) is 0 Å². The fraction of sp³-hybridized carbons (Fsp3) is 0.647. The fourth-order valence-electron chi connectivity index (χ4n) is 3.17. The lowest BCUT2D eigenvalue weighted by molar-refractivity contribution is 0.108. The zero-order valence-electron chi connectivity index (χ0n) is 12.1. The van der Waals surface area contributed by atoms with Gasteiger partial charge in [-0.1, -0.05) is 43.7 Å². The Kier molecular flexibility index (Phi) is 3.82. The Morgan fingerprint density at radius 1 is 1.11 bits per heavy atom. The molecule has 0 bridgehead atoms. The van der Waals surface area contributed by atoms with Crippen LogP contribution in [-0.2, 0) is 6.42 Å². The van der Waals surface area contributed by atoms with Crippen molar-refractivity contribution >= 4 is 0 Å². The van der Waals surface area contributed by atoms with Gasteiger partial charge < -0.3 is 5.73 Å². The van der Waals surface area contributed by atoms with Gasteiger partial charge in [0.15, 0.2) is 0 Å². The molecule has 0 spiro atoms. The summed E-state index contributed by atoms with van der Waals surface area (Å²) in [6.45, 7) is 7.78. The molecule has 0 heterocycles. The standard InChI is InChI=1S/C17H27N/c1-14-5-4-6-15(11-14)12-17(13-18)9-7-16(2,3)8-10-17/h4-6,11H,7-10,12-13,18H2,1-3H3. The van der Waals surface area contributed by atoms with Crippen LogP contribution in [0.3, 0.4) is 0 Å². The largest absolute Gasteiger partial charge is 0.330 e. The molecule has 0 aliphatic heterocycles. The van der Waals surface area contributed by atoms with Gasteiger partial charge in [0, 0.05) is 0 Å². The van der Waals surface area contributed by atoms with E-state index >= 15 is 0 Å². The lowest BCUT2D eigenvalue weighted by Gasteiger charge is -2.43. The van der Waals surface area contributed by atoms with Crippen molar-refractivity contribution in [3.8, 4) is 0 Å². The minimum Gasteiger partial charge on any atom is -0.330 e. The highest BCUT2D eigenvalue weighted by atomic mass is 14.6. The highest BCUT2D eigenvalue weighted by Crippen LogP contribution is 2.46. The fourth-order valence-corrected chi connectivity index (χ4v) is 3.17. The molecule has 1 saturated carbocycles. The van der Waals surface area contributed by atoms with Gasteiger partial charge in [0.25, 0.3) is 0 Å². The maximum absolute atomic E-state index is 6.11. The lowest BCUT2D eigenvalue weighted by atomic mass is 9.63. The van der Waals surface area contributed by atoms with E-state index in [0.29, 0.717) is 10.8 Å². The second-order valence-electron chi connectivity index (χ2n) is 7.03. The molecule has 1 aliphatic carbocycles. The van der Waals surface area contributed by atoms with Crippen LogP contribution in [-0.4, -0.2) is 6.54 Å². The van der Waals surface area contributed by atoms with Crippen molar-refractivity contribution in [3.63, 3.8) is 0 Å². The number of nitrogens with two attached hydrogens (primary N) is 1. The van der Waals surface area contributed by atoms with E-state index in [-0.39, 0.29) is 0 Å². The molecule has 1 fully saturated rings. The summed E-state index contributed by atoms with van der Waals surface area (Å²) in [5.74, 6) is 0. The van der Waals surface area contributed by atoms with E-state index in [1.807, 2.05) is 0 Å². The van der Waals surface area contributed by atoms with Gasteiger partial charge >= 0.3 is 0 Å². The molecule has 0 aromatic heterocycles. The average Bonchev–Trinajstić information content (AvgIpc) is 2.33. The van der Waals surface area contributed by atoms with Crippen molar-refractivity contribution in [3.05, 3.63) is 35.4 Å². The van der Waals surface area contributed by atoms with Gasteiger partial charge in [0.2, 0.25) is 0 Å². The predicted molar refractivity (Wildman–Crippen MR) is 78.6 cm³/mol. The Morgan fingerprint density at radius 2 is 1.78 bits per heavy atom.